The molecule has 3 rings (SSSR count). The van der Waals surface area contributed by atoms with Gasteiger partial charge in [0.05, 0.1) is 7.11 Å². The van der Waals surface area contributed by atoms with Crippen LogP contribution in [0.15, 0.2) is 72.8 Å². The van der Waals surface area contributed by atoms with Crippen LogP contribution in [0.3, 0.4) is 0 Å². The van der Waals surface area contributed by atoms with Crippen molar-refractivity contribution in [3.8, 4) is 5.75 Å². The van der Waals surface area contributed by atoms with E-state index in [-0.39, 0.29) is 19.0 Å². The van der Waals surface area contributed by atoms with Gasteiger partial charge in [-0.05, 0) is 79.1 Å². The minimum absolute atomic E-state index is 0.203. The first-order valence-corrected chi connectivity index (χ1v) is 11.9. The van der Waals surface area contributed by atoms with Gasteiger partial charge >= 0.3 is 6.03 Å². The van der Waals surface area contributed by atoms with E-state index >= 15 is 0 Å². The SMILES string of the molecule is CCCCCc1ccc(C(=O)NCCN(C(=O)Nc2ccc(OC)cc2)c2ccc(F)cc2)cc1. The van der Waals surface area contributed by atoms with E-state index in [4.69, 9.17) is 4.74 Å². The second kappa shape index (κ2) is 13.1. The summed E-state index contributed by atoms with van der Waals surface area (Å²) in [4.78, 5) is 27.1. The Bertz CT molecular complexity index is 1080. The van der Waals surface area contributed by atoms with Crippen molar-refractivity contribution in [1.29, 1.82) is 0 Å². The molecule has 0 saturated carbocycles. The number of benzene rings is 3. The molecule has 0 saturated heterocycles. The molecular weight excluding hydrogens is 445 g/mol. The smallest absolute Gasteiger partial charge is 0.326 e. The first-order chi connectivity index (χ1) is 17.0. The summed E-state index contributed by atoms with van der Waals surface area (Å²) in [6, 6.07) is 19.8. The van der Waals surface area contributed by atoms with E-state index in [0.29, 0.717) is 22.7 Å². The van der Waals surface area contributed by atoms with Crippen LogP contribution in [0.5, 0.6) is 5.75 Å². The van der Waals surface area contributed by atoms with E-state index in [9.17, 15) is 14.0 Å². The number of hydrogen-bond donors (Lipinski definition) is 2. The molecule has 7 heteroatoms. The highest BCUT2D eigenvalue weighted by molar-refractivity contribution is 6.02. The molecule has 184 valence electrons. The lowest BCUT2D eigenvalue weighted by Crippen LogP contribution is -2.41. The summed E-state index contributed by atoms with van der Waals surface area (Å²) in [7, 11) is 1.57. The van der Waals surface area contributed by atoms with Crippen LogP contribution in [0.2, 0.25) is 0 Å². The zero-order valence-corrected chi connectivity index (χ0v) is 20.2. The third kappa shape index (κ3) is 7.84. The third-order valence-corrected chi connectivity index (χ3v) is 5.63. The maximum absolute atomic E-state index is 13.4. The number of ether oxygens (including phenoxy) is 1. The fourth-order valence-electron chi connectivity index (χ4n) is 3.62. The number of urea groups is 1. The molecule has 0 unspecified atom stereocenters. The molecule has 0 aromatic heterocycles. The number of halogens is 1. The van der Waals surface area contributed by atoms with Crippen LogP contribution >= 0.6 is 0 Å². The number of methoxy groups -OCH3 is 1. The number of carbonyl (C=O) groups is 2. The van der Waals surface area contributed by atoms with Gasteiger partial charge < -0.3 is 15.4 Å². The predicted molar refractivity (Wildman–Crippen MR) is 138 cm³/mol. The quantitative estimate of drug-likeness (QED) is 0.331. The molecule has 0 aliphatic rings. The molecule has 2 N–H and O–H groups in total. The molecule has 35 heavy (non-hydrogen) atoms. The average molecular weight is 478 g/mol. The molecule has 0 aliphatic heterocycles. The number of nitrogens with one attached hydrogen (secondary N) is 2. The van der Waals surface area contributed by atoms with Crippen LogP contribution in [0.4, 0.5) is 20.6 Å². The van der Waals surface area contributed by atoms with Gasteiger partial charge in [-0.15, -0.1) is 0 Å². The van der Waals surface area contributed by atoms with Gasteiger partial charge in [0, 0.05) is 30.0 Å². The van der Waals surface area contributed by atoms with Gasteiger partial charge in [0.1, 0.15) is 11.6 Å². The van der Waals surface area contributed by atoms with E-state index in [1.165, 1.54) is 47.6 Å². The Labute approximate surface area is 206 Å². The van der Waals surface area contributed by atoms with Gasteiger partial charge in [0.15, 0.2) is 0 Å². The van der Waals surface area contributed by atoms with Crippen LogP contribution in [0, 0.1) is 5.82 Å². The lowest BCUT2D eigenvalue weighted by atomic mass is 10.1. The molecule has 0 atom stereocenters. The van der Waals surface area contributed by atoms with Gasteiger partial charge in [-0.3, -0.25) is 9.69 Å². The van der Waals surface area contributed by atoms with Crippen LogP contribution < -0.4 is 20.3 Å². The van der Waals surface area contributed by atoms with Crippen molar-refractivity contribution in [2.75, 3.05) is 30.4 Å². The van der Waals surface area contributed by atoms with Gasteiger partial charge in [-0.1, -0.05) is 31.9 Å². The lowest BCUT2D eigenvalue weighted by molar-refractivity contribution is 0.0954. The van der Waals surface area contributed by atoms with Gasteiger partial charge in [0.25, 0.3) is 5.91 Å². The van der Waals surface area contributed by atoms with Crippen molar-refractivity contribution < 1.29 is 18.7 Å². The van der Waals surface area contributed by atoms with Crippen molar-refractivity contribution in [3.63, 3.8) is 0 Å². The molecule has 0 aliphatic carbocycles. The second-order valence-electron chi connectivity index (χ2n) is 8.20. The minimum Gasteiger partial charge on any atom is -0.497 e. The number of carbonyl (C=O) groups excluding carboxylic acids is 2. The molecule has 0 fully saturated rings. The van der Waals surface area contributed by atoms with Crippen molar-refractivity contribution in [3.05, 3.63) is 89.7 Å². The summed E-state index contributed by atoms with van der Waals surface area (Å²) in [5.41, 5.74) is 2.89. The second-order valence-corrected chi connectivity index (χ2v) is 8.20. The molecular formula is C28H32FN3O3. The summed E-state index contributed by atoms with van der Waals surface area (Å²) in [5, 5.41) is 5.69. The first kappa shape index (κ1) is 25.7. The van der Waals surface area contributed by atoms with Crippen molar-refractivity contribution in [1.82, 2.24) is 5.32 Å². The molecule has 3 aromatic carbocycles. The normalized spacial score (nSPS) is 10.5. The molecule has 0 spiro atoms. The number of anilines is 2. The largest absolute Gasteiger partial charge is 0.497 e. The van der Waals surface area contributed by atoms with E-state index < -0.39 is 11.8 Å². The maximum Gasteiger partial charge on any atom is 0.326 e. The fourth-order valence-corrected chi connectivity index (χ4v) is 3.62. The summed E-state index contributed by atoms with van der Waals surface area (Å²) in [6.07, 6.45) is 4.51. The van der Waals surface area contributed by atoms with Gasteiger partial charge in [-0.25, -0.2) is 9.18 Å². The molecule has 3 aromatic rings. The van der Waals surface area contributed by atoms with Crippen LogP contribution in [0.1, 0.15) is 42.1 Å². The first-order valence-electron chi connectivity index (χ1n) is 11.9. The number of hydrogen-bond acceptors (Lipinski definition) is 3. The zero-order valence-electron chi connectivity index (χ0n) is 20.2. The van der Waals surface area contributed by atoms with Gasteiger partial charge in [0.2, 0.25) is 0 Å². The Morgan fingerprint density at radius 3 is 2.23 bits per heavy atom. The molecule has 0 heterocycles. The highest BCUT2D eigenvalue weighted by Crippen LogP contribution is 2.19. The number of rotatable bonds is 11. The van der Waals surface area contributed by atoms with E-state index in [0.717, 1.165) is 12.8 Å². The molecule has 6 nitrogen and oxygen atoms in total. The summed E-state index contributed by atoms with van der Waals surface area (Å²) >= 11 is 0. The van der Waals surface area contributed by atoms with E-state index in [1.54, 1.807) is 31.4 Å². The monoisotopic (exact) mass is 477 g/mol. The Morgan fingerprint density at radius 1 is 0.914 bits per heavy atom. The Balaban J connectivity index is 1.61. The molecule has 3 amide bonds. The zero-order chi connectivity index (χ0) is 25.0. The number of amides is 3. The van der Waals surface area contributed by atoms with Crippen molar-refractivity contribution >= 4 is 23.3 Å². The summed E-state index contributed by atoms with van der Waals surface area (Å²) < 4.78 is 18.6. The minimum atomic E-state index is -0.396. The fraction of sp³-hybridized carbons (Fsp3) is 0.286. The number of nitrogens with zero attached hydrogens (tertiary/aromatic N) is 1. The molecule has 0 bridgehead atoms. The van der Waals surface area contributed by atoms with Crippen molar-refractivity contribution in [2.24, 2.45) is 0 Å². The predicted octanol–water partition coefficient (Wildman–Crippen LogP) is 6.04. The highest BCUT2D eigenvalue weighted by atomic mass is 19.1. The van der Waals surface area contributed by atoms with Crippen LogP contribution in [0.25, 0.3) is 0 Å². The van der Waals surface area contributed by atoms with Crippen LogP contribution in [-0.4, -0.2) is 32.1 Å². The van der Waals surface area contributed by atoms with Gasteiger partial charge in [-0.2, -0.15) is 0 Å². The standard InChI is InChI=1S/C28H32FN3O3/c1-3-4-5-6-21-7-9-22(10-8-21)27(33)30-19-20-32(25-15-11-23(29)12-16-25)28(34)31-24-13-17-26(35-2)18-14-24/h7-18H,3-6,19-20H2,1-2H3,(H,30,33)(H,31,34). The third-order valence-electron chi connectivity index (χ3n) is 5.63. The molecule has 0 radical (unpaired) electrons. The summed E-state index contributed by atoms with van der Waals surface area (Å²) in [5.74, 6) is 0.0746. The topological polar surface area (TPSA) is 70.7 Å². The maximum atomic E-state index is 13.4. The van der Waals surface area contributed by atoms with E-state index in [1.807, 2.05) is 24.3 Å². The number of aryl methyl sites for hydroxylation is 1. The highest BCUT2D eigenvalue weighted by Gasteiger charge is 2.17. The lowest BCUT2D eigenvalue weighted by Gasteiger charge is -2.23. The average Bonchev–Trinajstić information content (AvgIpc) is 2.88. The van der Waals surface area contributed by atoms with Crippen LogP contribution in [-0.2, 0) is 6.42 Å². The summed E-state index contributed by atoms with van der Waals surface area (Å²) in [6.45, 7) is 2.60. The number of unbranched alkanes of at least 4 members (excludes halogenated alkanes) is 2. The Morgan fingerprint density at radius 2 is 1.60 bits per heavy atom. The van der Waals surface area contributed by atoms with Crippen molar-refractivity contribution in [2.45, 2.75) is 32.6 Å². The Kier molecular flexibility index (Phi) is 9.66. The van der Waals surface area contributed by atoms with E-state index in [2.05, 4.69) is 17.6 Å². The Hall–Kier alpha value is -3.87.